The molecular formula is C37H46F3NO11. The van der Waals surface area contributed by atoms with E-state index in [4.69, 9.17) is 42.6 Å². The topological polar surface area (TPSA) is 129 Å². The summed E-state index contributed by atoms with van der Waals surface area (Å²) in [5.74, 6) is -1.01. The van der Waals surface area contributed by atoms with Gasteiger partial charge in [0.25, 0.3) is 0 Å². The Hall–Kier alpha value is -4.09. The lowest BCUT2D eigenvalue weighted by Gasteiger charge is -2.13. The number of carbonyl (C=O) groups excluding carboxylic acids is 2. The molecule has 12 nitrogen and oxygen atoms in total. The van der Waals surface area contributed by atoms with Crippen LogP contribution in [0, 0.1) is 0 Å². The predicted octanol–water partition coefficient (Wildman–Crippen LogP) is 5.58. The summed E-state index contributed by atoms with van der Waals surface area (Å²) in [4.78, 5) is 24.4. The highest BCUT2D eigenvalue weighted by atomic mass is 19.4. The molecule has 0 heterocycles. The van der Waals surface area contributed by atoms with E-state index in [-0.39, 0.29) is 37.0 Å². The summed E-state index contributed by atoms with van der Waals surface area (Å²) in [6, 6.07) is 19.9. The number of anilines is 2. The zero-order valence-corrected chi connectivity index (χ0v) is 28.9. The van der Waals surface area contributed by atoms with Crippen molar-refractivity contribution in [1.82, 2.24) is 0 Å². The molecule has 0 radical (unpaired) electrons. The van der Waals surface area contributed by atoms with Crippen LogP contribution in [-0.4, -0.2) is 118 Å². The van der Waals surface area contributed by atoms with Crippen LogP contribution in [0.3, 0.4) is 0 Å². The molecule has 0 atom stereocenters. The minimum atomic E-state index is -4.48. The third kappa shape index (κ3) is 18.4. The molecule has 0 amide bonds. The average Bonchev–Trinajstić information content (AvgIpc) is 3.15. The number of hydrogen-bond donors (Lipinski definition) is 1. The summed E-state index contributed by atoms with van der Waals surface area (Å²) >= 11 is 0. The van der Waals surface area contributed by atoms with Crippen LogP contribution >= 0.6 is 0 Å². The lowest BCUT2D eigenvalue weighted by molar-refractivity contribution is -0.137. The highest BCUT2D eigenvalue weighted by Crippen LogP contribution is 2.32. The molecule has 15 heteroatoms. The number of rotatable bonds is 28. The van der Waals surface area contributed by atoms with Crippen LogP contribution in [0.4, 0.5) is 24.5 Å². The first-order valence-corrected chi connectivity index (χ1v) is 16.8. The second-order valence-electron chi connectivity index (χ2n) is 10.7. The van der Waals surface area contributed by atoms with Crippen LogP contribution in [0.2, 0.25) is 0 Å². The zero-order chi connectivity index (χ0) is 37.1. The molecule has 0 aromatic heterocycles. The fourth-order valence-electron chi connectivity index (χ4n) is 4.24. The molecule has 0 aliphatic carbocycles. The lowest BCUT2D eigenvalue weighted by atomic mass is 10.1. The maximum Gasteiger partial charge on any atom is 0.416 e. The van der Waals surface area contributed by atoms with Crippen molar-refractivity contribution in [1.29, 1.82) is 0 Å². The van der Waals surface area contributed by atoms with E-state index in [2.05, 4.69) is 5.32 Å². The fourth-order valence-corrected chi connectivity index (χ4v) is 4.24. The van der Waals surface area contributed by atoms with E-state index >= 15 is 0 Å². The average molecular weight is 738 g/mol. The number of alkyl halides is 3. The van der Waals surface area contributed by atoms with Crippen LogP contribution < -0.4 is 5.32 Å². The van der Waals surface area contributed by atoms with Crippen molar-refractivity contribution in [3.8, 4) is 0 Å². The Balaban J connectivity index is 1.04. The molecule has 3 aromatic carbocycles. The highest BCUT2D eigenvalue weighted by molar-refractivity contribution is 5.96. The molecule has 0 fully saturated rings. The Morgan fingerprint density at radius 3 is 1.38 bits per heavy atom. The number of para-hydroxylation sites is 1. The van der Waals surface area contributed by atoms with Crippen molar-refractivity contribution in [2.24, 2.45) is 0 Å². The van der Waals surface area contributed by atoms with Gasteiger partial charge in [0.05, 0.1) is 115 Å². The second-order valence-corrected chi connectivity index (χ2v) is 10.7. The minimum absolute atomic E-state index is 0.00734. The van der Waals surface area contributed by atoms with Crippen LogP contribution in [0.15, 0.2) is 78.9 Å². The molecule has 0 bridgehead atoms. The first-order valence-electron chi connectivity index (χ1n) is 16.8. The van der Waals surface area contributed by atoms with Gasteiger partial charge in [-0.05, 0) is 42.5 Å². The summed E-state index contributed by atoms with van der Waals surface area (Å²) in [5.41, 5.74) is 0.400. The van der Waals surface area contributed by atoms with Gasteiger partial charge in [-0.25, -0.2) is 9.59 Å². The van der Waals surface area contributed by atoms with Gasteiger partial charge in [0.1, 0.15) is 13.2 Å². The SMILES string of the molecule is O=C(OCCOCCOCCOCCOCCOCCOCCOCCOC(=O)c1ccccc1Nc1cccc(C(F)(F)F)c1)c1ccccc1. The van der Waals surface area contributed by atoms with Crippen LogP contribution in [0.5, 0.6) is 0 Å². The first kappa shape index (κ1) is 42.3. The third-order valence-electron chi connectivity index (χ3n) is 6.78. The van der Waals surface area contributed by atoms with E-state index in [0.29, 0.717) is 97.1 Å². The van der Waals surface area contributed by atoms with Crippen molar-refractivity contribution >= 4 is 23.3 Å². The molecule has 0 saturated heterocycles. The Morgan fingerprint density at radius 2 is 0.904 bits per heavy atom. The molecule has 0 unspecified atom stereocenters. The molecule has 52 heavy (non-hydrogen) atoms. The number of hydrogen-bond acceptors (Lipinski definition) is 12. The molecule has 0 spiro atoms. The van der Waals surface area contributed by atoms with Gasteiger partial charge in [0.15, 0.2) is 0 Å². The van der Waals surface area contributed by atoms with E-state index in [1.54, 1.807) is 42.5 Å². The van der Waals surface area contributed by atoms with Gasteiger partial charge >= 0.3 is 18.1 Å². The third-order valence-corrected chi connectivity index (χ3v) is 6.78. The maximum atomic E-state index is 13.0. The smallest absolute Gasteiger partial charge is 0.416 e. The minimum Gasteiger partial charge on any atom is -0.460 e. The van der Waals surface area contributed by atoms with E-state index < -0.39 is 17.7 Å². The van der Waals surface area contributed by atoms with Crippen molar-refractivity contribution in [2.45, 2.75) is 6.18 Å². The molecule has 286 valence electrons. The number of halogens is 3. The zero-order valence-electron chi connectivity index (χ0n) is 28.9. The quantitative estimate of drug-likeness (QED) is 0.0738. The lowest BCUT2D eigenvalue weighted by Crippen LogP contribution is -2.16. The van der Waals surface area contributed by atoms with Crippen LogP contribution in [0.1, 0.15) is 26.3 Å². The number of benzene rings is 3. The van der Waals surface area contributed by atoms with Crippen molar-refractivity contribution in [3.63, 3.8) is 0 Å². The number of esters is 2. The summed E-state index contributed by atoms with van der Waals surface area (Å²) in [7, 11) is 0. The Labute approximate surface area is 301 Å². The maximum absolute atomic E-state index is 13.0. The molecular weight excluding hydrogens is 691 g/mol. The van der Waals surface area contributed by atoms with Crippen molar-refractivity contribution < 1.29 is 65.4 Å². The van der Waals surface area contributed by atoms with E-state index in [1.807, 2.05) is 6.07 Å². The standard InChI is InChI=1S/C37H46F3NO11/c38-37(39,40)31-9-6-10-32(29-31)41-34-12-5-4-11-33(34)36(43)52-28-26-50-24-22-48-20-18-46-16-14-44-13-15-45-17-19-47-21-23-49-25-27-51-35(42)30-7-2-1-3-8-30/h1-12,29,41H,13-28H2. The van der Waals surface area contributed by atoms with E-state index in [0.717, 1.165) is 12.1 Å². The van der Waals surface area contributed by atoms with Gasteiger partial charge in [-0.3, -0.25) is 0 Å². The van der Waals surface area contributed by atoms with Crippen molar-refractivity contribution in [2.75, 3.05) is 111 Å². The summed E-state index contributed by atoms with van der Waals surface area (Å²) < 4.78 is 87.5. The second kappa shape index (κ2) is 25.8. The van der Waals surface area contributed by atoms with Gasteiger partial charge in [0.2, 0.25) is 0 Å². The molecule has 3 rings (SSSR count). The van der Waals surface area contributed by atoms with Crippen LogP contribution in [-0.2, 0) is 48.8 Å². The largest absolute Gasteiger partial charge is 0.460 e. The van der Waals surface area contributed by atoms with Crippen LogP contribution in [0.25, 0.3) is 0 Å². The monoisotopic (exact) mass is 737 g/mol. The van der Waals surface area contributed by atoms with Gasteiger partial charge in [-0.1, -0.05) is 36.4 Å². The predicted molar refractivity (Wildman–Crippen MR) is 184 cm³/mol. The molecule has 0 aliphatic rings. The summed E-state index contributed by atoms with van der Waals surface area (Å²) in [5, 5.41) is 2.85. The molecule has 0 saturated carbocycles. The van der Waals surface area contributed by atoms with Gasteiger partial charge in [-0.2, -0.15) is 13.2 Å². The van der Waals surface area contributed by atoms with E-state index in [1.165, 1.54) is 18.2 Å². The molecule has 0 aliphatic heterocycles. The highest BCUT2D eigenvalue weighted by Gasteiger charge is 2.30. The molecule has 3 aromatic rings. The number of carbonyl (C=O) groups is 2. The first-order chi connectivity index (χ1) is 25.3. The Kier molecular flexibility index (Phi) is 21.0. The van der Waals surface area contributed by atoms with Gasteiger partial charge in [-0.15, -0.1) is 0 Å². The normalized spacial score (nSPS) is 11.4. The number of ether oxygens (including phenoxy) is 9. The van der Waals surface area contributed by atoms with Gasteiger partial charge in [0, 0.05) is 5.69 Å². The van der Waals surface area contributed by atoms with Crippen molar-refractivity contribution in [3.05, 3.63) is 95.6 Å². The molecule has 1 N–H and O–H groups in total. The summed E-state index contributed by atoms with van der Waals surface area (Å²) in [6.45, 7) is 5.37. The summed E-state index contributed by atoms with van der Waals surface area (Å²) in [6.07, 6.45) is -4.48. The van der Waals surface area contributed by atoms with Gasteiger partial charge < -0.3 is 47.9 Å². The van der Waals surface area contributed by atoms with E-state index in [9.17, 15) is 22.8 Å². The Morgan fingerprint density at radius 1 is 0.481 bits per heavy atom. The fraction of sp³-hybridized carbons (Fsp3) is 0.459. The number of nitrogens with one attached hydrogen (secondary N) is 1. The Bertz CT molecular complexity index is 1410.